The third-order valence-electron chi connectivity index (χ3n) is 6.48. The van der Waals surface area contributed by atoms with Gasteiger partial charge in [-0.15, -0.1) is 0 Å². The Morgan fingerprint density at radius 2 is 1.63 bits per heavy atom. The van der Waals surface area contributed by atoms with Gasteiger partial charge in [0.2, 0.25) is 0 Å². The summed E-state index contributed by atoms with van der Waals surface area (Å²) < 4.78 is 6.58. The fraction of sp³-hybridized carbons (Fsp3) is 0.435. The highest BCUT2D eigenvalue weighted by atomic mass is 79.9. The minimum Gasteiger partial charge on any atom is -0.385 e. The van der Waals surface area contributed by atoms with E-state index in [2.05, 4.69) is 22.9 Å². The second-order valence-electron chi connectivity index (χ2n) is 7.87. The lowest BCUT2D eigenvalue weighted by atomic mass is 9.79. The minimum absolute atomic E-state index is 0.0408. The van der Waals surface area contributed by atoms with Crippen molar-refractivity contribution in [3.63, 3.8) is 0 Å². The number of halogens is 1. The molecule has 8 atom stereocenters. The molecule has 0 amide bonds. The highest BCUT2D eigenvalue weighted by Gasteiger charge is 2.57. The van der Waals surface area contributed by atoms with Crippen LogP contribution in [-0.2, 0) is 9.53 Å². The largest absolute Gasteiger partial charge is 0.385 e. The smallest absolute Gasteiger partial charge is 0.123 e. The molecule has 2 aliphatic carbocycles. The minimum atomic E-state index is -0.764. The monoisotopic (exact) mass is 428 g/mol. The molecule has 6 unspecified atom stereocenters. The highest BCUT2D eigenvalue weighted by Crippen LogP contribution is 2.56. The molecular formula is C23H25BrO3. The summed E-state index contributed by atoms with van der Waals surface area (Å²) in [5, 5.41) is 11.1. The summed E-state index contributed by atoms with van der Waals surface area (Å²) >= 11 is 3.84. The van der Waals surface area contributed by atoms with Gasteiger partial charge < -0.3 is 14.6 Å². The van der Waals surface area contributed by atoms with Gasteiger partial charge in [-0.25, -0.2) is 0 Å². The van der Waals surface area contributed by atoms with Crippen LogP contribution in [0.2, 0.25) is 0 Å². The van der Waals surface area contributed by atoms with E-state index in [1.807, 2.05) is 60.7 Å². The molecule has 142 valence electrons. The van der Waals surface area contributed by atoms with E-state index in [1.54, 1.807) is 0 Å². The SMILES string of the molecule is CC1C(C=O)C2CC1C(Br)C2O[C@@H](c1ccccc1)[C@@H](O)c1ccccc1. The zero-order valence-electron chi connectivity index (χ0n) is 15.3. The van der Waals surface area contributed by atoms with E-state index in [-0.39, 0.29) is 22.8 Å². The first kappa shape index (κ1) is 18.9. The van der Waals surface area contributed by atoms with Gasteiger partial charge in [-0.1, -0.05) is 83.5 Å². The van der Waals surface area contributed by atoms with Gasteiger partial charge in [-0.05, 0) is 35.3 Å². The van der Waals surface area contributed by atoms with Crippen LogP contribution >= 0.6 is 15.9 Å². The average Bonchev–Trinajstić information content (AvgIpc) is 3.21. The predicted octanol–water partition coefficient (Wildman–Crippen LogP) is 4.71. The Hall–Kier alpha value is -1.49. The van der Waals surface area contributed by atoms with E-state index in [1.165, 1.54) is 0 Å². The summed E-state index contributed by atoms with van der Waals surface area (Å²) in [6.07, 6.45) is 0.800. The van der Waals surface area contributed by atoms with Crippen LogP contribution in [0.3, 0.4) is 0 Å². The quantitative estimate of drug-likeness (QED) is 0.535. The molecule has 1 N–H and O–H groups in total. The van der Waals surface area contributed by atoms with Gasteiger partial charge in [0, 0.05) is 10.7 Å². The Labute approximate surface area is 168 Å². The number of fused-ring (bicyclic) bond motifs is 2. The maximum atomic E-state index is 11.7. The summed E-state index contributed by atoms with van der Waals surface area (Å²) in [4.78, 5) is 11.9. The van der Waals surface area contributed by atoms with Crippen molar-refractivity contribution in [2.75, 3.05) is 0 Å². The predicted molar refractivity (Wildman–Crippen MR) is 108 cm³/mol. The molecule has 2 saturated carbocycles. The van der Waals surface area contributed by atoms with E-state index >= 15 is 0 Å². The van der Waals surface area contributed by atoms with Gasteiger partial charge >= 0.3 is 0 Å². The van der Waals surface area contributed by atoms with Crippen LogP contribution in [0, 0.1) is 23.7 Å². The second-order valence-corrected chi connectivity index (χ2v) is 8.93. The standard InChI is InChI=1S/C23H25BrO3/c1-14-17-12-18(19(14)13-25)23(20(17)24)27-22(16-10-6-3-7-11-16)21(26)15-8-4-2-5-9-15/h2-11,13-14,17-23,26H,12H2,1H3/t14?,17?,18?,19?,20?,21-,22-,23?/m0/s1. The Morgan fingerprint density at radius 1 is 1.04 bits per heavy atom. The fourth-order valence-corrected chi connectivity index (χ4v) is 6.20. The molecule has 2 bridgehead atoms. The van der Waals surface area contributed by atoms with Crippen LogP contribution in [0.5, 0.6) is 0 Å². The summed E-state index contributed by atoms with van der Waals surface area (Å²) in [6, 6.07) is 19.5. The van der Waals surface area contributed by atoms with Crippen molar-refractivity contribution < 1.29 is 14.6 Å². The first-order chi connectivity index (χ1) is 13.1. The molecule has 0 heterocycles. The molecule has 0 spiro atoms. The van der Waals surface area contributed by atoms with E-state index < -0.39 is 12.2 Å². The Bertz CT molecular complexity index is 766. The van der Waals surface area contributed by atoms with Crippen LogP contribution in [0.25, 0.3) is 0 Å². The number of carbonyl (C=O) groups excluding carboxylic acids is 1. The highest BCUT2D eigenvalue weighted by molar-refractivity contribution is 9.09. The number of aliphatic hydroxyl groups excluding tert-OH is 1. The van der Waals surface area contributed by atoms with Crippen molar-refractivity contribution in [1.29, 1.82) is 0 Å². The number of hydrogen-bond acceptors (Lipinski definition) is 3. The molecule has 2 aromatic carbocycles. The molecule has 0 saturated heterocycles. The molecule has 4 rings (SSSR count). The van der Waals surface area contributed by atoms with Gasteiger partial charge in [-0.2, -0.15) is 0 Å². The van der Waals surface area contributed by atoms with Crippen LogP contribution in [0.1, 0.15) is 36.7 Å². The normalized spacial score (nSPS) is 34.3. The van der Waals surface area contributed by atoms with Crippen LogP contribution in [-0.4, -0.2) is 22.3 Å². The molecule has 3 nitrogen and oxygen atoms in total. The number of aldehydes is 1. The van der Waals surface area contributed by atoms with Crippen molar-refractivity contribution in [2.45, 2.75) is 36.5 Å². The van der Waals surface area contributed by atoms with Crippen molar-refractivity contribution in [2.24, 2.45) is 23.7 Å². The molecule has 0 aliphatic heterocycles. The topological polar surface area (TPSA) is 46.5 Å². The van der Waals surface area contributed by atoms with Crippen molar-refractivity contribution in [1.82, 2.24) is 0 Å². The lowest BCUT2D eigenvalue weighted by Gasteiger charge is -2.38. The van der Waals surface area contributed by atoms with E-state index in [0.29, 0.717) is 11.8 Å². The lowest BCUT2D eigenvalue weighted by Crippen LogP contribution is -2.41. The van der Waals surface area contributed by atoms with Gasteiger partial charge in [0.25, 0.3) is 0 Å². The zero-order valence-corrected chi connectivity index (χ0v) is 16.9. The van der Waals surface area contributed by atoms with Crippen LogP contribution < -0.4 is 0 Å². The molecular weight excluding hydrogens is 404 g/mol. The van der Waals surface area contributed by atoms with Gasteiger partial charge in [0.15, 0.2) is 0 Å². The third-order valence-corrected chi connectivity index (χ3v) is 7.68. The molecule has 2 fully saturated rings. The van der Waals surface area contributed by atoms with Gasteiger partial charge in [-0.3, -0.25) is 0 Å². The fourth-order valence-electron chi connectivity index (χ4n) is 4.99. The Morgan fingerprint density at radius 3 is 2.19 bits per heavy atom. The van der Waals surface area contributed by atoms with Crippen LogP contribution in [0.4, 0.5) is 0 Å². The number of hydrogen-bond donors (Lipinski definition) is 1. The average molecular weight is 429 g/mol. The van der Waals surface area contributed by atoms with Crippen LogP contribution in [0.15, 0.2) is 60.7 Å². The number of aliphatic hydroxyl groups is 1. The second kappa shape index (κ2) is 7.86. The van der Waals surface area contributed by atoms with Crippen molar-refractivity contribution in [3.8, 4) is 0 Å². The zero-order chi connectivity index (χ0) is 19.0. The number of alkyl halides is 1. The van der Waals surface area contributed by atoms with E-state index in [0.717, 1.165) is 23.8 Å². The maximum Gasteiger partial charge on any atom is 0.123 e. The summed E-state index contributed by atoms with van der Waals surface area (Å²) in [7, 11) is 0. The Balaban J connectivity index is 1.63. The van der Waals surface area contributed by atoms with Gasteiger partial charge in [0.05, 0.1) is 6.10 Å². The third kappa shape index (κ3) is 3.39. The first-order valence-electron chi connectivity index (χ1n) is 9.64. The molecule has 4 heteroatoms. The maximum absolute atomic E-state index is 11.7. The van der Waals surface area contributed by atoms with Gasteiger partial charge in [0.1, 0.15) is 18.5 Å². The summed E-state index contributed by atoms with van der Waals surface area (Å²) in [6.45, 7) is 2.17. The van der Waals surface area contributed by atoms with E-state index in [4.69, 9.17) is 4.74 Å². The lowest BCUT2D eigenvalue weighted by molar-refractivity contribution is -0.125. The molecule has 0 aromatic heterocycles. The van der Waals surface area contributed by atoms with Crippen molar-refractivity contribution in [3.05, 3.63) is 71.8 Å². The molecule has 0 radical (unpaired) electrons. The number of rotatable bonds is 6. The molecule has 27 heavy (non-hydrogen) atoms. The number of ether oxygens (including phenoxy) is 1. The summed E-state index contributed by atoms with van der Waals surface area (Å²) in [5.74, 6) is 1.08. The number of benzene rings is 2. The Kier molecular flexibility index (Phi) is 5.49. The first-order valence-corrected chi connectivity index (χ1v) is 10.6. The number of carbonyl (C=O) groups is 1. The summed E-state index contributed by atoms with van der Waals surface area (Å²) in [5.41, 5.74) is 1.79. The van der Waals surface area contributed by atoms with E-state index in [9.17, 15) is 9.90 Å². The molecule has 2 aromatic rings. The molecule has 2 aliphatic rings. The van der Waals surface area contributed by atoms with Crippen molar-refractivity contribution >= 4 is 22.2 Å².